The predicted molar refractivity (Wildman–Crippen MR) is 90.9 cm³/mol. The lowest BCUT2D eigenvalue weighted by Gasteiger charge is -2.29. The molecule has 2 aliphatic rings. The molecule has 2 aliphatic heterocycles. The number of hydrogen-bond donors (Lipinski definition) is 1. The van der Waals surface area contributed by atoms with Gasteiger partial charge in [-0.1, -0.05) is 12.1 Å². The van der Waals surface area contributed by atoms with E-state index in [9.17, 15) is 19.7 Å². The molecule has 0 aromatic heterocycles. The number of esters is 1. The van der Waals surface area contributed by atoms with E-state index in [1.807, 2.05) is 0 Å². The summed E-state index contributed by atoms with van der Waals surface area (Å²) in [7, 11) is 0. The van der Waals surface area contributed by atoms with E-state index in [-0.39, 0.29) is 18.4 Å². The highest BCUT2D eigenvalue weighted by Crippen LogP contribution is 2.30. The van der Waals surface area contributed by atoms with E-state index in [0.29, 0.717) is 17.9 Å². The van der Waals surface area contributed by atoms with Crippen LogP contribution in [-0.2, 0) is 14.3 Å². The Labute approximate surface area is 149 Å². The zero-order valence-electron chi connectivity index (χ0n) is 14.2. The van der Waals surface area contributed by atoms with Crippen molar-refractivity contribution in [3.8, 4) is 0 Å². The van der Waals surface area contributed by atoms with E-state index in [1.165, 1.54) is 18.2 Å². The third-order valence-electron chi connectivity index (χ3n) is 4.47. The molecule has 1 N–H and O–H groups in total. The molecule has 9 nitrogen and oxygen atoms in total. The molecule has 1 saturated heterocycles. The van der Waals surface area contributed by atoms with Crippen LogP contribution in [0.4, 0.5) is 10.5 Å². The van der Waals surface area contributed by atoms with Crippen LogP contribution in [0.25, 0.3) is 0 Å². The highest BCUT2D eigenvalue weighted by Gasteiger charge is 2.38. The lowest BCUT2D eigenvalue weighted by atomic mass is 9.88. The Morgan fingerprint density at radius 2 is 2.31 bits per heavy atom. The monoisotopic (exact) mass is 361 g/mol. The van der Waals surface area contributed by atoms with Gasteiger partial charge < -0.3 is 14.8 Å². The number of urea groups is 1. The first-order valence-electron chi connectivity index (χ1n) is 8.34. The number of carbonyl (C=O) groups is 2. The van der Waals surface area contributed by atoms with E-state index >= 15 is 0 Å². The molecule has 138 valence electrons. The van der Waals surface area contributed by atoms with Gasteiger partial charge in [-0.15, -0.1) is 0 Å². The van der Waals surface area contributed by atoms with E-state index in [4.69, 9.17) is 9.47 Å². The average Bonchev–Trinajstić information content (AvgIpc) is 3.12. The summed E-state index contributed by atoms with van der Waals surface area (Å²) in [6, 6.07) is 4.44. The Morgan fingerprint density at radius 1 is 1.50 bits per heavy atom. The summed E-state index contributed by atoms with van der Waals surface area (Å²) in [5, 5.41) is 13.6. The third kappa shape index (κ3) is 3.88. The van der Waals surface area contributed by atoms with Gasteiger partial charge in [0.1, 0.15) is 12.5 Å². The number of nitrogens with one attached hydrogen (secondary N) is 1. The minimum Gasteiger partial charge on any atom is -0.462 e. The maximum absolute atomic E-state index is 12.6. The lowest BCUT2D eigenvalue weighted by molar-refractivity contribution is -0.384. The molecular formula is C17H19N3O6. The maximum atomic E-state index is 12.6. The van der Waals surface area contributed by atoms with Crippen molar-refractivity contribution in [2.75, 3.05) is 13.2 Å². The largest absolute Gasteiger partial charge is 0.462 e. The minimum absolute atomic E-state index is 0.120. The summed E-state index contributed by atoms with van der Waals surface area (Å²) in [5.74, 6) is -1.39. The van der Waals surface area contributed by atoms with Crippen LogP contribution in [0.15, 0.2) is 29.3 Å². The number of nitro benzene ring substituents is 1. The van der Waals surface area contributed by atoms with Crippen molar-refractivity contribution in [3.63, 3.8) is 0 Å². The van der Waals surface area contributed by atoms with Crippen molar-refractivity contribution in [2.24, 2.45) is 10.9 Å². The number of amides is 2. The lowest BCUT2D eigenvalue weighted by Crippen LogP contribution is -2.44. The van der Waals surface area contributed by atoms with Crippen LogP contribution in [0.3, 0.4) is 0 Å². The number of nitrogens with zero attached hydrogens (tertiary/aromatic N) is 2. The molecule has 3 unspecified atom stereocenters. The number of aliphatic imine (C=N–C) groups is 1. The predicted octanol–water partition coefficient (Wildman–Crippen LogP) is 2.16. The van der Waals surface area contributed by atoms with Gasteiger partial charge in [0.15, 0.2) is 0 Å². The number of carbonyl (C=O) groups excluding carboxylic acids is 2. The molecule has 9 heteroatoms. The molecule has 0 spiro atoms. The molecule has 0 aliphatic carbocycles. The summed E-state index contributed by atoms with van der Waals surface area (Å²) in [6.45, 7) is 2.36. The highest BCUT2D eigenvalue weighted by molar-refractivity contribution is 6.08. The van der Waals surface area contributed by atoms with Gasteiger partial charge in [0, 0.05) is 24.5 Å². The van der Waals surface area contributed by atoms with Crippen molar-refractivity contribution in [2.45, 2.75) is 31.9 Å². The first-order chi connectivity index (χ1) is 12.5. The molecule has 3 rings (SSSR count). The van der Waals surface area contributed by atoms with Crippen LogP contribution in [0, 0.1) is 16.0 Å². The van der Waals surface area contributed by atoms with Crippen molar-refractivity contribution in [3.05, 3.63) is 39.9 Å². The standard InChI is InChI=1S/C17H19N3O6/c1-10-14(16(21)26-9-13-6-3-7-25-13)15(19-17(22)18-10)11-4-2-5-12(8-11)20(23)24/h2,4-5,8,13-15H,3,6-7,9H2,1H3,(H,19,22). The molecule has 1 fully saturated rings. The molecule has 2 amide bonds. The average molecular weight is 361 g/mol. The van der Waals surface area contributed by atoms with Gasteiger partial charge in [-0.3, -0.25) is 14.9 Å². The Bertz CT molecular complexity index is 757. The molecule has 2 heterocycles. The zero-order chi connectivity index (χ0) is 18.7. The number of hydrogen-bond acceptors (Lipinski definition) is 6. The number of ether oxygens (including phenoxy) is 2. The molecule has 0 saturated carbocycles. The molecule has 1 aromatic carbocycles. The van der Waals surface area contributed by atoms with Crippen molar-refractivity contribution < 1.29 is 24.0 Å². The highest BCUT2D eigenvalue weighted by atomic mass is 16.6. The number of rotatable bonds is 5. The smallest absolute Gasteiger partial charge is 0.341 e. The molecular weight excluding hydrogens is 342 g/mol. The molecule has 0 bridgehead atoms. The van der Waals surface area contributed by atoms with E-state index in [1.54, 1.807) is 13.0 Å². The fourth-order valence-corrected chi connectivity index (χ4v) is 3.17. The Balaban J connectivity index is 1.82. The second kappa shape index (κ2) is 7.61. The Kier molecular flexibility index (Phi) is 5.27. The molecule has 1 aromatic rings. The maximum Gasteiger partial charge on any atom is 0.341 e. The van der Waals surface area contributed by atoms with Crippen LogP contribution >= 0.6 is 0 Å². The van der Waals surface area contributed by atoms with Gasteiger partial charge in [-0.25, -0.2) is 9.79 Å². The normalized spacial score (nSPS) is 25.3. The van der Waals surface area contributed by atoms with Gasteiger partial charge in [0.05, 0.1) is 17.1 Å². The van der Waals surface area contributed by atoms with Crippen LogP contribution < -0.4 is 5.32 Å². The summed E-state index contributed by atoms with van der Waals surface area (Å²) in [5.41, 5.74) is 0.631. The third-order valence-corrected chi connectivity index (χ3v) is 4.47. The van der Waals surface area contributed by atoms with E-state index < -0.39 is 28.9 Å². The van der Waals surface area contributed by atoms with Crippen LogP contribution in [0.1, 0.15) is 31.4 Å². The van der Waals surface area contributed by atoms with E-state index in [0.717, 1.165) is 12.8 Å². The van der Waals surface area contributed by atoms with E-state index in [2.05, 4.69) is 10.3 Å². The van der Waals surface area contributed by atoms with Gasteiger partial charge in [0.2, 0.25) is 0 Å². The SMILES string of the molecule is CC1=NC(=O)NC(c2cccc([N+](=O)[O-])c2)C1C(=O)OCC1CCCO1. The van der Waals surface area contributed by atoms with Crippen molar-refractivity contribution in [1.29, 1.82) is 0 Å². The molecule has 3 atom stereocenters. The van der Waals surface area contributed by atoms with Crippen molar-refractivity contribution >= 4 is 23.4 Å². The van der Waals surface area contributed by atoms with Gasteiger partial charge in [0.25, 0.3) is 5.69 Å². The number of benzene rings is 1. The molecule has 26 heavy (non-hydrogen) atoms. The van der Waals surface area contributed by atoms with Crippen molar-refractivity contribution in [1.82, 2.24) is 5.32 Å². The second-order valence-corrected chi connectivity index (χ2v) is 6.28. The first-order valence-corrected chi connectivity index (χ1v) is 8.34. The fourth-order valence-electron chi connectivity index (χ4n) is 3.17. The Morgan fingerprint density at radius 3 is 3.00 bits per heavy atom. The number of non-ortho nitro benzene ring substituents is 1. The second-order valence-electron chi connectivity index (χ2n) is 6.28. The molecule has 0 radical (unpaired) electrons. The summed E-state index contributed by atoms with van der Waals surface area (Å²) in [4.78, 5) is 38.7. The zero-order valence-corrected chi connectivity index (χ0v) is 14.2. The van der Waals surface area contributed by atoms with Gasteiger partial charge in [-0.2, -0.15) is 0 Å². The first kappa shape index (κ1) is 18.0. The summed E-state index contributed by atoms with van der Waals surface area (Å²) in [6.07, 6.45) is 1.64. The van der Waals surface area contributed by atoms with Gasteiger partial charge >= 0.3 is 12.0 Å². The summed E-state index contributed by atoms with van der Waals surface area (Å²) < 4.78 is 10.8. The summed E-state index contributed by atoms with van der Waals surface area (Å²) >= 11 is 0. The topological polar surface area (TPSA) is 120 Å². The Hall–Kier alpha value is -2.81. The quantitative estimate of drug-likeness (QED) is 0.487. The van der Waals surface area contributed by atoms with Crippen LogP contribution in [-0.4, -0.2) is 42.0 Å². The number of nitro groups is 1. The van der Waals surface area contributed by atoms with Gasteiger partial charge in [-0.05, 0) is 25.3 Å². The van der Waals surface area contributed by atoms with Crippen LogP contribution in [0.2, 0.25) is 0 Å². The van der Waals surface area contributed by atoms with Crippen LogP contribution in [0.5, 0.6) is 0 Å². The fraction of sp³-hybridized carbons (Fsp3) is 0.471. The minimum atomic E-state index is -0.851.